The Kier molecular flexibility index (Phi) is 3.81. The SMILES string of the molecule is O=C(O)c1ccc(Cn2c(=O)[nH]c3scc(-c4ccccc4)c3c2=O)o1. The molecule has 0 unspecified atom stereocenters. The van der Waals surface area contributed by atoms with Crippen molar-refractivity contribution in [1.82, 2.24) is 9.55 Å². The van der Waals surface area contributed by atoms with E-state index in [9.17, 15) is 14.4 Å². The number of thiophene rings is 1. The minimum absolute atomic E-state index is 0.151. The highest BCUT2D eigenvalue weighted by Crippen LogP contribution is 2.29. The second-order valence-electron chi connectivity index (χ2n) is 5.61. The molecule has 0 radical (unpaired) electrons. The molecule has 0 fully saturated rings. The Labute approximate surface area is 149 Å². The van der Waals surface area contributed by atoms with Crippen LogP contribution in [0, 0.1) is 0 Å². The third kappa shape index (κ3) is 2.66. The average Bonchev–Trinajstić information content (AvgIpc) is 3.26. The first-order valence-electron chi connectivity index (χ1n) is 7.66. The summed E-state index contributed by atoms with van der Waals surface area (Å²) >= 11 is 1.29. The molecule has 0 amide bonds. The average molecular weight is 368 g/mol. The second-order valence-corrected chi connectivity index (χ2v) is 6.49. The smallest absolute Gasteiger partial charge is 0.371 e. The van der Waals surface area contributed by atoms with Gasteiger partial charge in [-0.15, -0.1) is 11.3 Å². The Morgan fingerprint density at radius 1 is 1.15 bits per heavy atom. The van der Waals surface area contributed by atoms with Crippen LogP contribution in [0.25, 0.3) is 21.3 Å². The van der Waals surface area contributed by atoms with Gasteiger partial charge in [-0.3, -0.25) is 14.3 Å². The van der Waals surface area contributed by atoms with Crippen molar-refractivity contribution in [3.63, 3.8) is 0 Å². The van der Waals surface area contributed by atoms with Gasteiger partial charge in [-0.1, -0.05) is 30.3 Å². The molecule has 4 rings (SSSR count). The van der Waals surface area contributed by atoms with Gasteiger partial charge >= 0.3 is 11.7 Å². The Morgan fingerprint density at radius 2 is 1.92 bits per heavy atom. The van der Waals surface area contributed by atoms with Crippen LogP contribution in [-0.2, 0) is 6.54 Å². The fourth-order valence-corrected chi connectivity index (χ4v) is 3.71. The summed E-state index contributed by atoms with van der Waals surface area (Å²) in [7, 11) is 0. The van der Waals surface area contributed by atoms with Crippen molar-refractivity contribution >= 4 is 27.5 Å². The molecule has 2 N–H and O–H groups in total. The molecule has 130 valence electrons. The van der Waals surface area contributed by atoms with Crippen LogP contribution < -0.4 is 11.2 Å². The van der Waals surface area contributed by atoms with Gasteiger partial charge in [0.2, 0.25) is 5.76 Å². The number of aromatic nitrogens is 2. The maximum Gasteiger partial charge on any atom is 0.371 e. The molecule has 8 heteroatoms. The highest BCUT2D eigenvalue weighted by Gasteiger charge is 2.16. The maximum absolute atomic E-state index is 12.9. The van der Waals surface area contributed by atoms with Crippen molar-refractivity contribution in [1.29, 1.82) is 0 Å². The molecule has 26 heavy (non-hydrogen) atoms. The summed E-state index contributed by atoms with van der Waals surface area (Å²) in [6.45, 7) is -0.151. The van der Waals surface area contributed by atoms with Gasteiger partial charge in [0, 0.05) is 10.9 Å². The molecule has 3 heterocycles. The topological polar surface area (TPSA) is 105 Å². The van der Waals surface area contributed by atoms with Gasteiger partial charge in [-0.05, 0) is 17.7 Å². The first-order chi connectivity index (χ1) is 12.5. The van der Waals surface area contributed by atoms with Crippen molar-refractivity contribution in [2.45, 2.75) is 6.54 Å². The lowest BCUT2D eigenvalue weighted by molar-refractivity contribution is 0.0660. The van der Waals surface area contributed by atoms with E-state index in [2.05, 4.69) is 4.98 Å². The zero-order chi connectivity index (χ0) is 18.3. The molecular formula is C18H12N2O5S. The van der Waals surface area contributed by atoms with E-state index in [-0.39, 0.29) is 18.1 Å². The Bertz CT molecular complexity index is 1230. The number of hydrogen-bond acceptors (Lipinski definition) is 5. The number of carboxylic acid groups (broad SMARTS) is 1. The summed E-state index contributed by atoms with van der Waals surface area (Å²) in [5.41, 5.74) is 0.598. The lowest BCUT2D eigenvalue weighted by Gasteiger charge is -2.04. The molecule has 0 bridgehead atoms. The second kappa shape index (κ2) is 6.16. The molecule has 1 aromatic carbocycles. The number of carboxylic acids is 1. The van der Waals surface area contributed by atoms with Gasteiger partial charge < -0.3 is 9.52 Å². The third-order valence-electron chi connectivity index (χ3n) is 3.99. The van der Waals surface area contributed by atoms with E-state index in [0.29, 0.717) is 10.2 Å². The molecule has 0 saturated heterocycles. The summed E-state index contributed by atoms with van der Waals surface area (Å²) in [4.78, 5) is 39.4. The van der Waals surface area contributed by atoms with Crippen LogP contribution in [0.1, 0.15) is 16.3 Å². The minimum Gasteiger partial charge on any atom is -0.475 e. The normalized spacial score (nSPS) is 11.1. The van der Waals surface area contributed by atoms with E-state index in [0.717, 1.165) is 15.7 Å². The number of aromatic carboxylic acids is 1. The van der Waals surface area contributed by atoms with Crippen molar-refractivity contribution in [3.05, 3.63) is 80.2 Å². The lowest BCUT2D eigenvalue weighted by Crippen LogP contribution is -2.35. The third-order valence-corrected chi connectivity index (χ3v) is 4.88. The first-order valence-corrected chi connectivity index (χ1v) is 8.54. The quantitative estimate of drug-likeness (QED) is 0.576. The molecule has 3 aromatic heterocycles. The molecule has 0 aliphatic carbocycles. The van der Waals surface area contributed by atoms with Gasteiger partial charge in [0.1, 0.15) is 10.6 Å². The number of hydrogen-bond donors (Lipinski definition) is 2. The predicted octanol–water partition coefficient (Wildman–Crippen LogP) is 2.76. The monoisotopic (exact) mass is 368 g/mol. The fourth-order valence-electron chi connectivity index (χ4n) is 2.76. The molecule has 0 saturated carbocycles. The number of nitrogens with zero attached hydrogens (tertiary/aromatic N) is 1. The van der Waals surface area contributed by atoms with Gasteiger partial charge in [-0.25, -0.2) is 9.59 Å². The van der Waals surface area contributed by atoms with E-state index in [4.69, 9.17) is 9.52 Å². The number of rotatable bonds is 4. The molecule has 4 aromatic rings. The molecule has 0 spiro atoms. The van der Waals surface area contributed by atoms with Gasteiger partial charge in [0.15, 0.2) is 0 Å². The van der Waals surface area contributed by atoms with E-state index in [1.807, 2.05) is 35.7 Å². The predicted molar refractivity (Wildman–Crippen MR) is 96.9 cm³/mol. The van der Waals surface area contributed by atoms with Crippen LogP contribution in [0.5, 0.6) is 0 Å². The molecule has 0 atom stereocenters. The number of aromatic amines is 1. The minimum atomic E-state index is -1.21. The van der Waals surface area contributed by atoms with E-state index in [1.54, 1.807) is 0 Å². The Hall–Kier alpha value is -3.39. The highest BCUT2D eigenvalue weighted by molar-refractivity contribution is 7.17. The summed E-state index contributed by atoms with van der Waals surface area (Å²) in [6, 6.07) is 12.1. The molecule has 0 aliphatic heterocycles. The summed E-state index contributed by atoms with van der Waals surface area (Å²) in [6.07, 6.45) is 0. The summed E-state index contributed by atoms with van der Waals surface area (Å²) < 4.78 is 6.16. The largest absolute Gasteiger partial charge is 0.475 e. The van der Waals surface area contributed by atoms with E-state index in [1.165, 1.54) is 23.5 Å². The maximum atomic E-state index is 12.9. The fraction of sp³-hybridized carbons (Fsp3) is 0.0556. The van der Waals surface area contributed by atoms with Crippen molar-refractivity contribution in [3.8, 4) is 11.1 Å². The summed E-state index contributed by atoms with van der Waals surface area (Å²) in [5, 5.41) is 11.2. The van der Waals surface area contributed by atoms with Crippen LogP contribution in [0.15, 0.2) is 61.9 Å². The van der Waals surface area contributed by atoms with Crippen molar-refractivity contribution in [2.24, 2.45) is 0 Å². The van der Waals surface area contributed by atoms with Crippen LogP contribution in [0.2, 0.25) is 0 Å². The highest BCUT2D eigenvalue weighted by atomic mass is 32.1. The van der Waals surface area contributed by atoms with Crippen LogP contribution in [-0.4, -0.2) is 20.6 Å². The van der Waals surface area contributed by atoms with Crippen LogP contribution in [0.3, 0.4) is 0 Å². The first kappa shape index (κ1) is 16.1. The van der Waals surface area contributed by atoms with Gasteiger partial charge in [0.25, 0.3) is 5.56 Å². The van der Waals surface area contributed by atoms with Crippen molar-refractivity contribution in [2.75, 3.05) is 0 Å². The Morgan fingerprint density at radius 3 is 2.62 bits per heavy atom. The number of furan rings is 1. The standard InChI is InChI=1S/C18H12N2O5S/c21-16-14-12(10-4-2-1-3-5-10)9-26-15(14)19-18(24)20(16)8-11-6-7-13(25-11)17(22)23/h1-7,9H,8H2,(H,19,24)(H,22,23). The van der Waals surface area contributed by atoms with Crippen molar-refractivity contribution < 1.29 is 14.3 Å². The zero-order valence-electron chi connectivity index (χ0n) is 13.3. The van der Waals surface area contributed by atoms with E-state index < -0.39 is 17.2 Å². The van der Waals surface area contributed by atoms with Crippen LogP contribution in [0.4, 0.5) is 0 Å². The summed E-state index contributed by atoms with van der Waals surface area (Å²) in [5.74, 6) is -1.24. The van der Waals surface area contributed by atoms with E-state index >= 15 is 0 Å². The molecular weight excluding hydrogens is 356 g/mol. The zero-order valence-corrected chi connectivity index (χ0v) is 14.1. The molecule has 0 aliphatic rings. The van der Waals surface area contributed by atoms with Crippen LogP contribution >= 0.6 is 11.3 Å². The van der Waals surface area contributed by atoms with Gasteiger partial charge in [-0.2, -0.15) is 0 Å². The number of benzene rings is 1. The molecule has 7 nitrogen and oxygen atoms in total. The number of nitrogens with one attached hydrogen (secondary N) is 1. The number of fused-ring (bicyclic) bond motifs is 1. The number of H-pyrrole nitrogens is 1. The Balaban J connectivity index is 1.86. The number of carbonyl (C=O) groups is 1. The lowest BCUT2D eigenvalue weighted by atomic mass is 10.1. The van der Waals surface area contributed by atoms with Gasteiger partial charge in [0.05, 0.1) is 11.9 Å².